The van der Waals surface area contributed by atoms with Crippen LogP contribution in [0.1, 0.15) is 10.4 Å². The Kier molecular flexibility index (Phi) is 3.92. The molecule has 4 nitrogen and oxygen atoms in total. The minimum Gasteiger partial charge on any atom is -0.293 e. The van der Waals surface area contributed by atoms with Gasteiger partial charge in [-0.2, -0.15) is 4.39 Å². The quantitative estimate of drug-likeness (QED) is 0.367. The number of benzene rings is 1. The van der Waals surface area contributed by atoms with Crippen LogP contribution in [0, 0.1) is 15.9 Å². The Morgan fingerprint density at radius 1 is 1.53 bits per heavy atom. The molecule has 0 unspecified atom stereocenters. The molecule has 1 rings (SSSR count). The highest BCUT2D eigenvalue weighted by molar-refractivity contribution is 9.10. The van der Waals surface area contributed by atoms with E-state index in [4.69, 9.17) is 0 Å². The largest absolute Gasteiger partial charge is 0.316 e. The van der Waals surface area contributed by atoms with Crippen molar-refractivity contribution in [3.05, 3.63) is 38.1 Å². The zero-order valence-corrected chi connectivity index (χ0v) is 10.3. The minimum atomic E-state index is -1.04. The number of Topliss-reactive ketones (excluding diaryl/α,β-unsaturated/α-hetero) is 1. The van der Waals surface area contributed by atoms with E-state index in [-0.39, 0.29) is 15.4 Å². The van der Waals surface area contributed by atoms with E-state index >= 15 is 0 Å². The Morgan fingerprint density at radius 2 is 2.13 bits per heavy atom. The third-order valence-electron chi connectivity index (χ3n) is 1.67. The van der Waals surface area contributed by atoms with Crippen molar-refractivity contribution in [2.24, 2.45) is 0 Å². The molecule has 0 atom stereocenters. The van der Waals surface area contributed by atoms with Gasteiger partial charge in [-0.3, -0.25) is 14.9 Å². The van der Waals surface area contributed by atoms with Crippen LogP contribution in [0.5, 0.6) is 0 Å². The standard InChI is InChI=1S/C8H4Br2FNO3/c9-3-6(13)4-1-2-5(10)7(11)8(4)12(14)15/h1-2H,3H2. The van der Waals surface area contributed by atoms with Gasteiger partial charge in [0.25, 0.3) is 0 Å². The molecule has 0 N–H and O–H groups in total. The van der Waals surface area contributed by atoms with E-state index in [1.165, 1.54) is 12.1 Å². The highest BCUT2D eigenvalue weighted by Crippen LogP contribution is 2.29. The van der Waals surface area contributed by atoms with Crippen LogP contribution in [0.3, 0.4) is 0 Å². The maximum absolute atomic E-state index is 13.4. The number of nitro benzene ring substituents is 1. The molecule has 1 aromatic rings. The molecule has 0 amide bonds. The maximum Gasteiger partial charge on any atom is 0.316 e. The van der Waals surface area contributed by atoms with Crippen LogP contribution in [0.4, 0.5) is 10.1 Å². The van der Waals surface area contributed by atoms with E-state index in [2.05, 4.69) is 31.9 Å². The average Bonchev–Trinajstić information content (AvgIpc) is 2.20. The number of carbonyl (C=O) groups is 1. The van der Waals surface area contributed by atoms with Crippen molar-refractivity contribution in [1.29, 1.82) is 0 Å². The maximum atomic E-state index is 13.4. The summed E-state index contributed by atoms with van der Waals surface area (Å²) in [6.45, 7) is 0. The zero-order valence-electron chi connectivity index (χ0n) is 7.17. The van der Waals surface area contributed by atoms with Crippen LogP contribution < -0.4 is 0 Å². The Bertz CT molecular complexity index is 436. The lowest BCUT2D eigenvalue weighted by Crippen LogP contribution is -2.07. The van der Waals surface area contributed by atoms with Crippen molar-refractivity contribution in [3.8, 4) is 0 Å². The second-order valence-corrected chi connectivity index (χ2v) is 3.99. The zero-order chi connectivity index (χ0) is 11.6. The highest BCUT2D eigenvalue weighted by atomic mass is 79.9. The predicted octanol–water partition coefficient (Wildman–Crippen LogP) is 3.07. The van der Waals surface area contributed by atoms with E-state index in [1.807, 2.05) is 0 Å². The predicted molar refractivity (Wildman–Crippen MR) is 58.9 cm³/mol. The van der Waals surface area contributed by atoms with Gasteiger partial charge in [-0.25, -0.2) is 0 Å². The summed E-state index contributed by atoms with van der Waals surface area (Å²) in [4.78, 5) is 21.0. The van der Waals surface area contributed by atoms with E-state index < -0.39 is 22.2 Å². The lowest BCUT2D eigenvalue weighted by atomic mass is 10.1. The Balaban J connectivity index is 3.46. The van der Waals surface area contributed by atoms with E-state index in [9.17, 15) is 19.3 Å². The van der Waals surface area contributed by atoms with Gasteiger partial charge in [0.05, 0.1) is 20.3 Å². The summed E-state index contributed by atoms with van der Waals surface area (Å²) in [6.07, 6.45) is 0. The van der Waals surface area contributed by atoms with Gasteiger partial charge in [0, 0.05) is 0 Å². The number of ketones is 1. The molecule has 0 radical (unpaired) electrons. The fraction of sp³-hybridized carbons (Fsp3) is 0.125. The lowest BCUT2D eigenvalue weighted by molar-refractivity contribution is -0.387. The third kappa shape index (κ3) is 2.40. The van der Waals surface area contributed by atoms with Crippen LogP contribution in [0.25, 0.3) is 0 Å². The molecule has 0 bridgehead atoms. The molecule has 0 saturated carbocycles. The van der Waals surface area contributed by atoms with Crippen molar-refractivity contribution < 1.29 is 14.1 Å². The van der Waals surface area contributed by atoms with Crippen molar-refractivity contribution in [2.45, 2.75) is 0 Å². The number of nitrogens with zero attached hydrogens (tertiary/aromatic N) is 1. The first-order chi connectivity index (χ1) is 6.99. The number of halogens is 3. The SMILES string of the molecule is O=C(CBr)c1ccc(Br)c(F)c1[N+](=O)[O-]. The van der Waals surface area contributed by atoms with E-state index in [0.717, 1.165) is 0 Å². The molecule has 15 heavy (non-hydrogen) atoms. The Morgan fingerprint density at radius 3 is 2.60 bits per heavy atom. The van der Waals surface area contributed by atoms with Crippen LogP contribution in [-0.2, 0) is 0 Å². The summed E-state index contributed by atoms with van der Waals surface area (Å²) in [5, 5.41) is 10.5. The second-order valence-electron chi connectivity index (χ2n) is 2.57. The summed E-state index contributed by atoms with van der Waals surface area (Å²) < 4.78 is 13.3. The van der Waals surface area contributed by atoms with Crippen molar-refractivity contribution in [3.63, 3.8) is 0 Å². The van der Waals surface area contributed by atoms with Crippen molar-refractivity contribution in [2.75, 3.05) is 5.33 Å². The number of nitro groups is 1. The molecule has 0 aliphatic carbocycles. The molecule has 0 aromatic heterocycles. The van der Waals surface area contributed by atoms with Crippen LogP contribution in [0.15, 0.2) is 16.6 Å². The normalized spacial score (nSPS) is 10.1. The lowest BCUT2D eigenvalue weighted by Gasteiger charge is -2.02. The second kappa shape index (κ2) is 4.80. The molecule has 0 spiro atoms. The van der Waals surface area contributed by atoms with Gasteiger partial charge >= 0.3 is 5.69 Å². The Labute approximate surface area is 101 Å². The topological polar surface area (TPSA) is 60.2 Å². The van der Waals surface area contributed by atoms with Gasteiger partial charge in [0.2, 0.25) is 5.82 Å². The number of rotatable bonds is 3. The smallest absolute Gasteiger partial charge is 0.293 e. The minimum absolute atomic E-state index is 0.0414. The highest BCUT2D eigenvalue weighted by Gasteiger charge is 2.26. The van der Waals surface area contributed by atoms with Gasteiger partial charge in [-0.15, -0.1) is 0 Å². The Hall–Kier alpha value is -0.820. The third-order valence-corrected chi connectivity index (χ3v) is 2.80. The summed E-state index contributed by atoms with van der Waals surface area (Å²) in [5.41, 5.74) is -1.04. The van der Waals surface area contributed by atoms with Gasteiger partial charge in [0.15, 0.2) is 5.78 Å². The number of hydrogen-bond acceptors (Lipinski definition) is 3. The number of hydrogen-bond donors (Lipinski definition) is 0. The average molecular weight is 341 g/mol. The number of carbonyl (C=O) groups excluding carboxylic acids is 1. The summed E-state index contributed by atoms with van der Waals surface area (Å²) in [6, 6.07) is 2.48. The molecular weight excluding hydrogens is 337 g/mol. The first kappa shape index (κ1) is 12.3. The van der Waals surface area contributed by atoms with E-state index in [0.29, 0.717) is 0 Å². The molecule has 0 saturated heterocycles. The fourth-order valence-corrected chi connectivity index (χ4v) is 1.64. The molecular formula is C8H4Br2FNO3. The van der Waals surface area contributed by atoms with E-state index in [1.54, 1.807) is 0 Å². The first-order valence-electron chi connectivity index (χ1n) is 3.70. The van der Waals surface area contributed by atoms with Crippen LogP contribution in [0.2, 0.25) is 0 Å². The van der Waals surface area contributed by atoms with Crippen molar-refractivity contribution in [1.82, 2.24) is 0 Å². The van der Waals surface area contributed by atoms with Crippen molar-refractivity contribution >= 4 is 43.3 Å². The van der Waals surface area contributed by atoms with Crippen LogP contribution >= 0.6 is 31.9 Å². The monoisotopic (exact) mass is 339 g/mol. The fourth-order valence-electron chi connectivity index (χ4n) is 1.02. The van der Waals surface area contributed by atoms with Gasteiger partial charge in [0.1, 0.15) is 0 Å². The molecule has 7 heteroatoms. The van der Waals surface area contributed by atoms with Gasteiger partial charge in [-0.05, 0) is 28.1 Å². The number of alkyl halides is 1. The summed E-state index contributed by atoms with van der Waals surface area (Å²) >= 11 is 5.69. The first-order valence-corrected chi connectivity index (χ1v) is 5.62. The van der Waals surface area contributed by atoms with Gasteiger partial charge in [-0.1, -0.05) is 15.9 Å². The van der Waals surface area contributed by atoms with Gasteiger partial charge < -0.3 is 0 Å². The summed E-state index contributed by atoms with van der Waals surface area (Å²) in [7, 11) is 0. The molecule has 1 aromatic carbocycles. The molecule has 0 heterocycles. The molecule has 80 valence electrons. The molecule has 0 aliphatic rings. The summed E-state index contributed by atoms with van der Waals surface area (Å²) in [5.74, 6) is -1.57. The van der Waals surface area contributed by atoms with Crippen LogP contribution in [-0.4, -0.2) is 16.0 Å². The molecule has 0 aliphatic heterocycles. The molecule has 0 fully saturated rings.